The van der Waals surface area contributed by atoms with Crippen LogP contribution in [0.3, 0.4) is 0 Å². The van der Waals surface area contributed by atoms with Crippen LogP contribution in [0.1, 0.15) is 66.1 Å². The van der Waals surface area contributed by atoms with Gasteiger partial charge >= 0.3 is 0 Å². The molecule has 0 unspecified atom stereocenters. The van der Waals surface area contributed by atoms with Crippen molar-refractivity contribution in [2.45, 2.75) is 52.5 Å². The Morgan fingerprint density at radius 1 is 1.24 bits per heavy atom. The van der Waals surface area contributed by atoms with Gasteiger partial charge in [0, 0.05) is 16.8 Å². The Balaban J connectivity index is 1.70. The summed E-state index contributed by atoms with van der Waals surface area (Å²) in [6.45, 7) is 10.1. The average molecular weight is 417 g/mol. The monoisotopic (exact) mass is 416 g/mol. The molecular weight excluding hydrogens is 388 g/mol. The maximum atomic E-state index is 12.3. The predicted molar refractivity (Wildman–Crippen MR) is 114 cm³/mol. The topological polar surface area (TPSA) is 93.4 Å². The van der Waals surface area contributed by atoms with Gasteiger partial charge in [0.15, 0.2) is 9.84 Å². The fourth-order valence-corrected chi connectivity index (χ4v) is 5.22. The SMILES string of the molecule is Cc1nn([C@H]2CCS(=O)(=O)C2)c(C)c1/C=N\NC(=O)c1ccc(C(C)(C)C)cc1. The van der Waals surface area contributed by atoms with Gasteiger partial charge in [-0.2, -0.15) is 10.2 Å². The molecule has 1 amide bonds. The summed E-state index contributed by atoms with van der Waals surface area (Å²) in [4.78, 5) is 12.3. The maximum Gasteiger partial charge on any atom is 0.271 e. The number of hydrogen-bond acceptors (Lipinski definition) is 5. The number of amides is 1. The van der Waals surface area contributed by atoms with Crippen molar-refractivity contribution in [1.82, 2.24) is 15.2 Å². The van der Waals surface area contributed by atoms with Crippen molar-refractivity contribution in [2.75, 3.05) is 11.5 Å². The second-order valence-electron chi connectivity index (χ2n) is 8.61. The number of aromatic nitrogens is 2. The molecule has 0 aliphatic carbocycles. The minimum absolute atomic E-state index is 0.0288. The minimum atomic E-state index is -2.99. The molecular formula is C21H28N4O3S. The molecule has 29 heavy (non-hydrogen) atoms. The highest BCUT2D eigenvalue weighted by Crippen LogP contribution is 2.26. The fourth-order valence-electron chi connectivity index (χ4n) is 3.53. The summed E-state index contributed by atoms with van der Waals surface area (Å²) in [6, 6.07) is 7.34. The molecule has 1 atom stereocenters. The van der Waals surface area contributed by atoms with Crippen LogP contribution in [0.15, 0.2) is 29.4 Å². The number of carbonyl (C=O) groups is 1. The van der Waals surface area contributed by atoms with E-state index in [-0.39, 0.29) is 28.9 Å². The average Bonchev–Trinajstić information content (AvgIpc) is 3.14. The maximum absolute atomic E-state index is 12.3. The molecule has 2 heterocycles. The van der Waals surface area contributed by atoms with Crippen LogP contribution in [0.5, 0.6) is 0 Å². The lowest BCUT2D eigenvalue weighted by Crippen LogP contribution is -2.18. The predicted octanol–water partition coefficient (Wildman–Crippen LogP) is 2.92. The van der Waals surface area contributed by atoms with E-state index in [0.29, 0.717) is 12.0 Å². The van der Waals surface area contributed by atoms with E-state index in [1.54, 1.807) is 23.0 Å². The molecule has 7 nitrogen and oxygen atoms in total. The number of nitrogens with zero attached hydrogens (tertiary/aromatic N) is 3. The summed E-state index contributed by atoms with van der Waals surface area (Å²) in [5.74, 6) is 0.0300. The van der Waals surface area contributed by atoms with Crippen molar-refractivity contribution in [3.05, 3.63) is 52.3 Å². The zero-order valence-corrected chi connectivity index (χ0v) is 18.4. The lowest BCUT2D eigenvalue weighted by atomic mass is 9.87. The number of sulfone groups is 1. The van der Waals surface area contributed by atoms with Crippen molar-refractivity contribution in [3.8, 4) is 0 Å². The lowest BCUT2D eigenvalue weighted by Gasteiger charge is -2.18. The summed E-state index contributed by atoms with van der Waals surface area (Å²) in [5, 5.41) is 8.58. The first kappa shape index (κ1) is 21.2. The number of rotatable bonds is 4. The zero-order valence-electron chi connectivity index (χ0n) is 17.6. The molecule has 1 aliphatic heterocycles. The van der Waals surface area contributed by atoms with E-state index in [1.807, 2.05) is 26.0 Å². The smallest absolute Gasteiger partial charge is 0.267 e. The van der Waals surface area contributed by atoms with Crippen LogP contribution < -0.4 is 5.43 Å². The van der Waals surface area contributed by atoms with Gasteiger partial charge in [-0.1, -0.05) is 32.9 Å². The molecule has 2 aromatic rings. The van der Waals surface area contributed by atoms with Gasteiger partial charge in [0.2, 0.25) is 0 Å². The first-order chi connectivity index (χ1) is 13.5. The van der Waals surface area contributed by atoms with Gasteiger partial charge < -0.3 is 0 Å². The summed E-state index contributed by atoms with van der Waals surface area (Å²) < 4.78 is 25.3. The first-order valence-electron chi connectivity index (χ1n) is 9.68. The molecule has 0 spiro atoms. The standard InChI is InChI=1S/C21H28N4O3S/c1-14-19(15(2)25(24-14)18-10-11-29(27,28)13-18)12-22-23-20(26)16-6-8-17(9-7-16)21(3,4)5/h6-9,12,18H,10-11,13H2,1-5H3,(H,23,26)/b22-12-/t18-/m0/s1. The molecule has 0 bridgehead atoms. The van der Waals surface area contributed by atoms with Gasteiger partial charge in [0.1, 0.15) is 0 Å². The highest BCUT2D eigenvalue weighted by molar-refractivity contribution is 7.91. The Bertz CT molecular complexity index is 1040. The van der Waals surface area contributed by atoms with E-state index >= 15 is 0 Å². The van der Waals surface area contributed by atoms with Crippen LogP contribution in [-0.4, -0.2) is 41.8 Å². The van der Waals surface area contributed by atoms with Crippen LogP contribution in [0.4, 0.5) is 0 Å². The van der Waals surface area contributed by atoms with Crippen LogP contribution >= 0.6 is 0 Å². The second kappa shape index (κ2) is 7.74. The van der Waals surface area contributed by atoms with Crippen molar-refractivity contribution >= 4 is 22.0 Å². The Morgan fingerprint density at radius 2 is 1.90 bits per heavy atom. The molecule has 1 aromatic heterocycles. The van der Waals surface area contributed by atoms with E-state index in [0.717, 1.165) is 22.5 Å². The number of carbonyl (C=O) groups excluding carboxylic acids is 1. The summed E-state index contributed by atoms with van der Waals surface area (Å²) in [5.41, 5.74) is 6.66. The Morgan fingerprint density at radius 3 is 2.45 bits per heavy atom. The van der Waals surface area contributed by atoms with Crippen LogP contribution in [0.2, 0.25) is 0 Å². The molecule has 1 fully saturated rings. The van der Waals surface area contributed by atoms with E-state index in [1.165, 1.54) is 0 Å². The largest absolute Gasteiger partial charge is 0.271 e. The number of hydrazone groups is 1. The quantitative estimate of drug-likeness (QED) is 0.613. The number of aryl methyl sites for hydroxylation is 1. The highest BCUT2D eigenvalue weighted by atomic mass is 32.2. The third kappa shape index (κ3) is 4.75. The van der Waals surface area contributed by atoms with E-state index < -0.39 is 9.84 Å². The molecule has 0 radical (unpaired) electrons. The number of benzene rings is 1. The molecule has 1 N–H and O–H groups in total. The zero-order chi connectivity index (χ0) is 21.4. The third-order valence-corrected chi connectivity index (χ3v) is 7.06. The van der Waals surface area contributed by atoms with E-state index in [9.17, 15) is 13.2 Å². The van der Waals surface area contributed by atoms with Crippen molar-refractivity contribution in [1.29, 1.82) is 0 Å². The molecule has 1 aromatic carbocycles. The highest BCUT2D eigenvalue weighted by Gasteiger charge is 2.31. The third-order valence-electron chi connectivity index (χ3n) is 5.31. The van der Waals surface area contributed by atoms with Gasteiger partial charge in [-0.25, -0.2) is 13.8 Å². The number of hydrogen-bond donors (Lipinski definition) is 1. The van der Waals surface area contributed by atoms with Crippen LogP contribution in [-0.2, 0) is 15.3 Å². The van der Waals surface area contributed by atoms with Gasteiger partial charge in [-0.05, 0) is 43.4 Å². The first-order valence-corrected chi connectivity index (χ1v) is 11.5. The molecule has 0 saturated carbocycles. The number of nitrogens with one attached hydrogen (secondary N) is 1. The van der Waals surface area contributed by atoms with Gasteiger partial charge in [0.05, 0.1) is 29.5 Å². The Kier molecular flexibility index (Phi) is 5.67. The van der Waals surface area contributed by atoms with Crippen LogP contribution in [0, 0.1) is 13.8 Å². The fraction of sp³-hybridized carbons (Fsp3) is 0.476. The van der Waals surface area contributed by atoms with Gasteiger partial charge in [-0.3, -0.25) is 9.48 Å². The van der Waals surface area contributed by atoms with Crippen molar-refractivity contribution < 1.29 is 13.2 Å². The van der Waals surface area contributed by atoms with Gasteiger partial charge in [0.25, 0.3) is 5.91 Å². The summed E-state index contributed by atoms with van der Waals surface area (Å²) >= 11 is 0. The van der Waals surface area contributed by atoms with E-state index in [4.69, 9.17) is 0 Å². The van der Waals surface area contributed by atoms with Crippen molar-refractivity contribution in [3.63, 3.8) is 0 Å². The minimum Gasteiger partial charge on any atom is -0.267 e. The Labute approximate surface area is 172 Å². The summed E-state index contributed by atoms with van der Waals surface area (Å²) in [6.07, 6.45) is 2.14. The molecule has 156 valence electrons. The van der Waals surface area contributed by atoms with E-state index in [2.05, 4.69) is 36.4 Å². The Hall–Kier alpha value is -2.48. The second-order valence-corrected chi connectivity index (χ2v) is 10.8. The molecule has 1 saturated heterocycles. The van der Waals surface area contributed by atoms with Gasteiger partial charge in [-0.15, -0.1) is 0 Å². The lowest BCUT2D eigenvalue weighted by molar-refractivity contribution is 0.0955. The normalized spacial score (nSPS) is 19.0. The molecule has 8 heteroatoms. The molecule has 3 rings (SSSR count). The van der Waals surface area contributed by atoms with Crippen LogP contribution in [0.25, 0.3) is 0 Å². The molecule has 1 aliphatic rings. The van der Waals surface area contributed by atoms with Crippen molar-refractivity contribution in [2.24, 2.45) is 5.10 Å². The summed E-state index contributed by atoms with van der Waals surface area (Å²) in [7, 11) is -2.99.